The van der Waals surface area contributed by atoms with E-state index >= 15 is 0 Å². The maximum atomic E-state index is 11.1. The first-order valence-electron chi connectivity index (χ1n) is 6.23. The Morgan fingerprint density at radius 1 is 1.30 bits per heavy atom. The molecular formula is C13H20N2O5. The van der Waals surface area contributed by atoms with Crippen molar-refractivity contribution in [2.45, 2.75) is 20.0 Å². The standard InChI is InChI=1S/C13H20N2O5/c1-8(2)11(16)7-14-9-5-12(19-3)13(20-4)6-10(9)15(17)18/h5-6,8,11,14,16H,7H2,1-4H3. The smallest absolute Gasteiger partial charge is 0.296 e. The van der Waals surface area contributed by atoms with Crippen LogP contribution in [0.4, 0.5) is 11.4 Å². The van der Waals surface area contributed by atoms with E-state index in [1.165, 1.54) is 26.4 Å². The van der Waals surface area contributed by atoms with E-state index in [1.807, 2.05) is 13.8 Å². The average Bonchev–Trinajstić information content (AvgIpc) is 2.43. The topological polar surface area (TPSA) is 93.9 Å². The number of hydrogen-bond donors (Lipinski definition) is 2. The molecule has 2 N–H and O–H groups in total. The summed E-state index contributed by atoms with van der Waals surface area (Å²) >= 11 is 0. The summed E-state index contributed by atoms with van der Waals surface area (Å²) in [6, 6.07) is 2.78. The first-order chi connectivity index (χ1) is 9.40. The Morgan fingerprint density at radius 2 is 1.85 bits per heavy atom. The molecule has 0 aliphatic heterocycles. The van der Waals surface area contributed by atoms with Gasteiger partial charge in [-0.2, -0.15) is 0 Å². The highest BCUT2D eigenvalue weighted by Crippen LogP contribution is 2.37. The van der Waals surface area contributed by atoms with Crippen LogP contribution < -0.4 is 14.8 Å². The molecule has 112 valence electrons. The number of nitro benzene ring substituents is 1. The van der Waals surface area contributed by atoms with Crippen LogP contribution in [0.3, 0.4) is 0 Å². The Morgan fingerprint density at radius 3 is 2.30 bits per heavy atom. The molecule has 7 nitrogen and oxygen atoms in total. The molecular weight excluding hydrogens is 264 g/mol. The van der Waals surface area contributed by atoms with Crippen LogP contribution in [0.25, 0.3) is 0 Å². The summed E-state index contributed by atoms with van der Waals surface area (Å²) in [4.78, 5) is 10.6. The maximum absolute atomic E-state index is 11.1. The van der Waals surface area contributed by atoms with Gasteiger partial charge >= 0.3 is 0 Å². The summed E-state index contributed by atoms with van der Waals surface area (Å²) in [6.07, 6.45) is -0.595. The first-order valence-corrected chi connectivity index (χ1v) is 6.23. The van der Waals surface area contributed by atoms with Crippen molar-refractivity contribution in [1.82, 2.24) is 0 Å². The molecule has 0 aliphatic rings. The maximum Gasteiger partial charge on any atom is 0.296 e. The molecule has 0 radical (unpaired) electrons. The van der Waals surface area contributed by atoms with Crippen LogP contribution in [0.5, 0.6) is 11.5 Å². The molecule has 0 spiro atoms. The average molecular weight is 284 g/mol. The molecule has 1 aromatic rings. The number of rotatable bonds is 7. The molecule has 1 unspecified atom stereocenters. The zero-order chi connectivity index (χ0) is 15.3. The molecule has 1 aromatic carbocycles. The zero-order valence-electron chi connectivity index (χ0n) is 12.0. The van der Waals surface area contributed by atoms with Gasteiger partial charge in [-0.15, -0.1) is 0 Å². The van der Waals surface area contributed by atoms with Crippen molar-refractivity contribution < 1.29 is 19.5 Å². The third-order valence-electron chi connectivity index (χ3n) is 2.97. The third-order valence-corrected chi connectivity index (χ3v) is 2.97. The summed E-state index contributed by atoms with van der Waals surface area (Å²) in [5, 5.41) is 23.7. The van der Waals surface area contributed by atoms with Gasteiger partial charge in [-0.3, -0.25) is 10.1 Å². The van der Waals surface area contributed by atoms with Crippen molar-refractivity contribution in [2.24, 2.45) is 5.92 Å². The SMILES string of the molecule is COc1cc(NCC(O)C(C)C)c([N+](=O)[O-])cc1OC. The van der Waals surface area contributed by atoms with Crippen LogP contribution in [-0.2, 0) is 0 Å². The zero-order valence-corrected chi connectivity index (χ0v) is 12.0. The number of ether oxygens (including phenoxy) is 2. The molecule has 7 heteroatoms. The van der Waals surface area contributed by atoms with E-state index in [9.17, 15) is 15.2 Å². The minimum Gasteiger partial charge on any atom is -0.493 e. The second-order valence-electron chi connectivity index (χ2n) is 4.67. The van der Waals surface area contributed by atoms with Crippen molar-refractivity contribution >= 4 is 11.4 Å². The van der Waals surface area contributed by atoms with E-state index in [0.717, 1.165) is 0 Å². The number of aliphatic hydroxyl groups is 1. The van der Waals surface area contributed by atoms with Gasteiger partial charge in [0.05, 0.1) is 31.3 Å². The summed E-state index contributed by atoms with van der Waals surface area (Å²) in [5.41, 5.74) is 0.158. The van der Waals surface area contributed by atoms with E-state index in [2.05, 4.69) is 5.32 Å². The minimum absolute atomic E-state index is 0.0571. The lowest BCUT2D eigenvalue weighted by Crippen LogP contribution is -2.25. The molecule has 1 rings (SSSR count). The number of methoxy groups -OCH3 is 2. The fourth-order valence-electron chi connectivity index (χ4n) is 1.61. The van der Waals surface area contributed by atoms with Crippen LogP contribution in [0.2, 0.25) is 0 Å². The summed E-state index contributed by atoms with van der Waals surface area (Å²) in [7, 11) is 2.87. The van der Waals surface area contributed by atoms with E-state index in [1.54, 1.807) is 0 Å². The molecule has 0 saturated heterocycles. The number of anilines is 1. The van der Waals surface area contributed by atoms with Gasteiger partial charge in [0.25, 0.3) is 5.69 Å². The lowest BCUT2D eigenvalue weighted by Gasteiger charge is -2.17. The normalized spacial score (nSPS) is 12.1. The molecule has 1 atom stereocenters. The predicted octanol–water partition coefficient (Wildman–Crippen LogP) is 2.04. The molecule has 0 aliphatic carbocycles. The number of benzene rings is 1. The Hall–Kier alpha value is -2.02. The summed E-state index contributed by atoms with van der Waals surface area (Å²) in [5.74, 6) is 0.732. The van der Waals surface area contributed by atoms with Gasteiger partial charge in [-0.05, 0) is 5.92 Å². The predicted molar refractivity (Wildman–Crippen MR) is 75.5 cm³/mol. The molecule has 0 saturated carbocycles. The van der Waals surface area contributed by atoms with Gasteiger partial charge in [-0.1, -0.05) is 13.8 Å². The fraction of sp³-hybridized carbons (Fsp3) is 0.538. The number of hydrogen-bond acceptors (Lipinski definition) is 6. The van der Waals surface area contributed by atoms with Crippen molar-refractivity contribution in [3.8, 4) is 11.5 Å². The Balaban J connectivity index is 3.06. The van der Waals surface area contributed by atoms with Crippen molar-refractivity contribution in [1.29, 1.82) is 0 Å². The minimum atomic E-state index is -0.595. The molecule has 0 aromatic heterocycles. The van der Waals surface area contributed by atoms with Crippen molar-refractivity contribution in [3.05, 3.63) is 22.2 Å². The molecule has 20 heavy (non-hydrogen) atoms. The van der Waals surface area contributed by atoms with E-state index in [4.69, 9.17) is 9.47 Å². The first kappa shape index (κ1) is 16.0. The van der Waals surface area contributed by atoms with Crippen LogP contribution in [0, 0.1) is 16.0 Å². The monoisotopic (exact) mass is 284 g/mol. The second-order valence-corrected chi connectivity index (χ2v) is 4.67. The van der Waals surface area contributed by atoms with Crippen molar-refractivity contribution in [3.63, 3.8) is 0 Å². The Kier molecular flexibility index (Phi) is 5.57. The summed E-state index contributed by atoms with van der Waals surface area (Å²) < 4.78 is 10.2. The van der Waals surface area contributed by atoms with Gasteiger partial charge in [0.1, 0.15) is 5.69 Å². The van der Waals surface area contributed by atoms with Crippen LogP contribution in [0.1, 0.15) is 13.8 Å². The molecule has 0 heterocycles. The third kappa shape index (κ3) is 3.74. The van der Waals surface area contributed by atoms with Crippen LogP contribution >= 0.6 is 0 Å². The largest absolute Gasteiger partial charge is 0.493 e. The molecule has 0 amide bonds. The van der Waals surface area contributed by atoms with Gasteiger partial charge in [0.15, 0.2) is 11.5 Å². The highest BCUT2D eigenvalue weighted by Gasteiger charge is 2.20. The molecule has 0 fully saturated rings. The highest BCUT2D eigenvalue weighted by atomic mass is 16.6. The van der Waals surface area contributed by atoms with E-state index < -0.39 is 11.0 Å². The van der Waals surface area contributed by atoms with Crippen LogP contribution in [0.15, 0.2) is 12.1 Å². The lowest BCUT2D eigenvalue weighted by molar-refractivity contribution is -0.384. The number of nitrogens with one attached hydrogen (secondary N) is 1. The number of aliphatic hydroxyl groups excluding tert-OH is 1. The van der Waals surface area contributed by atoms with Gasteiger partial charge in [-0.25, -0.2) is 0 Å². The van der Waals surface area contributed by atoms with Gasteiger partial charge in [0, 0.05) is 12.6 Å². The van der Waals surface area contributed by atoms with Crippen molar-refractivity contribution in [2.75, 3.05) is 26.1 Å². The summed E-state index contributed by atoms with van der Waals surface area (Å²) in [6.45, 7) is 3.96. The van der Waals surface area contributed by atoms with E-state index in [0.29, 0.717) is 5.75 Å². The van der Waals surface area contributed by atoms with Gasteiger partial charge in [0.2, 0.25) is 0 Å². The van der Waals surface area contributed by atoms with Gasteiger partial charge < -0.3 is 19.9 Å². The Labute approximate surface area is 117 Å². The highest BCUT2D eigenvalue weighted by molar-refractivity contribution is 5.68. The number of nitro groups is 1. The van der Waals surface area contributed by atoms with E-state index in [-0.39, 0.29) is 29.6 Å². The Bertz CT molecular complexity index is 476. The second kappa shape index (κ2) is 6.95. The molecule has 0 bridgehead atoms. The van der Waals surface area contributed by atoms with Crippen LogP contribution in [-0.4, -0.2) is 36.9 Å². The quantitative estimate of drug-likeness (QED) is 0.588. The number of nitrogens with zero attached hydrogens (tertiary/aromatic N) is 1. The lowest BCUT2D eigenvalue weighted by atomic mass is 10.1. The fourth-order valence-corrected chi connectivity index (χ4v) is 1.61.